The number of aromatic nitrogens is 2. The highest BCUT2D eigenvalue weighted by atomic mass is 79.9. The van der Waals surface area contributed by atoms with Crippen molar-refractivity contribution in [3.63, 3.8) is 0 Å². The Balaban J connectivity index is 2.39. The molecule has 0 spiro atoms. The van der Waals surface area contributed by atoms with Gasteiger partial charge in [-0.1, -0.05) is 0 Å². The zero-order chi connectivity index (χ0) is 11.7. The Bertz CT molecular complexity index is 626. The van der Waals surface area contributed by atoms with E-state index >= 15 is 0 Å². The maximum Gasteiger partial charge on any atom is 0.328 e. The Morgan fingerprint density at radius 3 is 2.88 bits per heavy atom. The fraction of sp³-hybridized carbons (Fsp3) is 0.200. The van der Waals surface area contributed by atoms with Gasteiger partial charge in [0.15, 0.2) is 0 Å². The first-order valence-electron chi connectivity index (χ1n) is 4.59. The van der Waals surface area contributed by atoms with Crippen molar-refractivity contribution < 1.29 is 0 Å². The standard InChI is InChI=1S/C10H9BrN2O2S/c1-6-3-13(10(15)12-9(6)14)4-8-2-7(11)5-16-8/h2-3,5H,4H2,1H3,(H,12,14,15). The van der Waals surface area contributed by atoms with Crippen molar-refractivity contribution in [3.8, 4) is 0 Å². The molecule has 4 nitrogen and oxygen atoms in total. The SMILES string of the molecule is Cc1cn(Cc2cc(Br)cs2)c(=O)[nH]c1=O. The number of hydrogen-bond acceptors (Lipinski definition) is 3. The lowest BCUT2D eigenvalue weighted by molar-refractivity contribution is 0.721. The number of thiophene rings is 1. The molecule has 2 rings (SSSR count). The number of halogens is 1. The van der Waals surface area contributed by atoms with Crippen LogP contribution in [-0.4, -0.2) is 9.55 Å². The zero-order valence-electron chi connectivity index (χ0n) is 8.49. The molecule has 0 aromatic carbocycles. The second-order valence-corrected chi connectivity index (χ2v) is 5.34. The van der Waals surface area contributed by atoms with Crippen molar-refractivity contribution in [2.45, 2.75) is 13.5 Å². The second-order valence-electron chi connectivity index (χ2n) is 3.43. The van der Waals surface area contributed by atoms with Crippen molar-refractivity contribution in [2.24, 2.45) is 0 Å². The molecule has 0 aliphatic carbocycles. The van der Waals surface area contributed by atoms with Crippen LogP contribution in [0.4, 0.5) is 0 Å². The first-order chi connectivity index (χ1) is 7.56. The Hall–Kier alpha value is -1.14. The molecule has 2 aromatic heterocycles. The van der Waals surface area contributed by atoms with Gasteiger partial charge in [-0.3, -0.25) is 14.3 Å². The van der Waals surface area contributed by atoms with Gasteiger partial charge in [0.1, 0.15) is 0 Å². The summed E-state index contributed by atoms with van der Waals surface area (Å²) in [5.74, 6) is 0. The smallest absolute Gasteiger partial charge is 0.295 e. The fourth-order valence-corrected chi connectivity index (χ4v) is 2.79. The minimum Gasteiger partial charge on any atom is -0.295 e. The number of nitrogens with one attached hydrogen (secondary N) is 1. The molecular weight excluding hydrogens is 292 g/mol. The van der Waals surface area contributed by atoms with Crippen LogP contribution in [0.3, 0.4) is 0 Å². The maximum absolute atomic E-state index is 11.5. The second kappa shape index (κ2) is 4.39. The molecule has 0 radical (unpaired) electrons. The van der Waals surface area contributed by atoms with Crippen molar-refractivity contribution in [2.75, 3.05) is 0 Å². The highest BCUT2D eigenvalue weighted by Gasteiger charge is 2.03. The average Bonchev–Trinajstić information content (AvgIpc) is 2.60. The van der Waals surface area contributed by atoms with E-state index in [2.05, 4.69) is 20.9 Å². The van der Waals surface area contributed by atoms with E-state index in [1.807, 2.05) is 11.4 Å². The quantitative estimate of drug-likeness (QED) is 0.918. The highest BCUT2D eigenvalue weighted by molar-refractivity contribution is 9.10. The van der Waals surface area contributed by atoms with Gasteiger partial charge in [-0.15, -0.1) is 11.3 Å². The summed E-state index contributed by atoms with van der Waals surface area (Å²) < 4.78 is 2.50. The van der Waals surface area contributed by atoms with Crippen LogP contribution >= 0.6 is 27.3 Å². The van der Waals surface area contributed by atoms with Crippen LogP contribution in [0.2, 0.25) is 0 Å². The van der Waals surface area contributed by atoms with Gasteiger partial charge in [0, 0.05) is 26.5 Å². The van der Waals surface area contributed by atoms with E-state index in [0.29, 0.717) is 12.1 Å². The molecule has 0 aliphatic heterocycles. The molecule has 0 saturated heterocycles. The first-order valence-corrected chi connectivity index (χ1v) is 6.27. The van der Waals surface area contributed by atoms with Crippen LogP contribution in [-0.2, 0) is 6.54 Å². The number of aromatic amines is 1. The summed E-state index contributed by atoms with van der Waals surface area (Å²) in [7, 11) is 0. The minimum absolute atomic E-state index is 0.325. The average molecular weight is 301 g/mol. The van der Waals surface area contributed by atoms with Gasteiger partial charge in [-0.05, 0) is 28.9 Å². The maximum atomic E-state index is 11.5. The third kappa shape index (κ3) is 2.33. The topological polar surface area (TPSA) is 54.9 Å². The van der Waals surface area contributed by atoms with Crippen molar-refractivity contribution in [3.05, 3.63) is 53.4 Å². The fourth-order valence-electron chi connectivity index (χ4n) is 1.34. The summed E-state index contributed by atoms with van der Waals surface area (Å²) in [6.45, 7) is 2.16. The van der Waals surface area contributed by atoms with Gasteiger partial charge in [-0.2, -0.15) is 0 Å². The van der Waals surface area contributed by atoms with Gasteiger partial charge in [0.2, 0.25) is 0 Å². The number of H-pyrrole nitrogens is 1. The highest BCUT2D eigenvalue weighted by Crippen LogP contribution is 2.19. The molecule has 0 unspecified atom stereocenters. The lowest BCUT2D eigenvalue weighted by Crippen LogP contribution is -2.30. The number of hydrogen-bond donors (Lipinski definition) is 1. The van der Waals surface area contributed by atoms with Crippen LogP contribution < -0.4 is 11.2 Å². The molecule has 0 bridgehead atoms. The lowest BCUT2D eigenvalue weighted by Gasteiger charge is -2.03. The summed E-state index contributed by atoms with van der Waals surface area (Å²) in [6, 6.07) is 1.96. The molecule has 16 heavy (non-hydrogen) atoms. The molecular formula is C10H9BrN2O2S. The van der Waals surface area contributed by atoms with Crippen molar-refractivity contribution in [1.82, 2.24) is 9.55 Å². The lowest BCUT2D eigenvalue weighted by atomic mass is 10.4. The third-order valence-electron chi connectivity index (χ3n) is 2.14. The Kier molecular flexibility index (Phi) is 3.11. The predicted molar refractivity (Wildman–Crippen MR) is 67.2 cm³/mol. The van der Waals surface area contributed by atoms with Gasteiger partial charge in [0.05, 0.1) is 6.54 Å². The molecule has 6 heteroatoms. The molecule has 1 N–H and O–H groups in total. The van der Waals surface area contributed by atoms with E-state index in [0.717, 1.165) is 9.35 Å². The van der Waals surface area contributed by atoms with Gasteiger partial charge >= 0.3 is 5.69 Å². The van der Waals surface area contributed by atoms with Crippen LogP contribution in [0.5, 0.6) is 0 Å². The van der Waals surface area contributed by atoms with E-state index in [1.165, 1.54) is 4.57 Å². The van der Waals surface area contributed by atoms with E-state index in [-0.39, 0.29) is 11.2 Å². The van der Waals surface area contributed by atoms with Crippen molar-refractivity contribution >= 4 is 27.3 Å². The van der Waals surface area contributed by atoms with Gasteiger partial charge in [-0.25, -0.2) is 4.79 Å². The van der Waals surface area contributed by atoms with E-state index in [4.69, 9.17) is 0 Å². The Morgan fingerprint density at radius 1 is 1.50 bits per heavy atom. The summed E-state index contributed by atoms with van der Waals surface area (Å²) in [5, 5.41) is 1.96. The third-order valence-corrected chi connectivity index (χ3v) is 3.82. The molecule has 84 valence electrons. The van der Waals surface area contributed by atoms with Gasteiger partial charge in [0.25, 0.3) is 5.56 Å². The van der Waals surface area contributed by atoms with Crippen molar-refractivity contribution in [1.29, 1.82) is 0 Å². The molecule has 0 amide bonds. The Labute approximate surface area is 104 Å². The monoisotopic (exact) mass is 300 g/mol. The Morgan fingerprint density at radius 2 is 2.25 bits per heavy atom. The van der Waals surface area contributed by atoms with Crippen LogP contribution in [0, 0.1) is 6.92 Å². The summed E-state index contributed by atoms with van der Waals surface area (Å²) in [4.78, 5) is 26.0. The largest absolute Gasteiger partial charge is 0.328 e. The summed E-state index contributed by atoms with van der Waals surface area (Å²) in [5.41, 5.74) is -0.163. The van der Waals surface area contributed by atoms with E-state index < -0.39 is 0 Å². The first kappa shape index (κ1) is 11.3. The van der Waals surface area contributed by atoms with E-state index in [9.17, 15) is 9.59 Å². The molecule has 0 aliphatic rings. The normalized spacial score (nSPS) is 10.6. The number of rotatable bonds is 2. The zero-order valence-corrected chi connectivity index (χ0v) is 10.9. The number of aryl methyl sites for hydroxylation is 1. The van der Waals surface area contributed by atoms with E-state index in [1.54, 1.807) is 24.5 Å². The molecule has 0 saturated carbocycles. The van der Waals surface area contributed by atoms with Crippen LogP contribution in [0.15, 0.2) is 31.7 Å². The summed E-state index contributed by atoms with van der Waals surface area (Å²) >= 11 is 4.92. The molecule has 0 fully saturated rings. The minimum atomic E-state index is -0.375. The van der Waals surface area contributed by atoms with Gasteiger partial charge < -0.3 is 0 Å². The molecule has 2 heterocycles. The summed E-state index contributed by atoms with van der Waals surface area (Å²) in [6.07, 6.45) is 1.58. The van der Waals surface area contributed by atoms with Crippen LogP contribution in [0.1, 0.15) is 10.4 Å². The number of nitrogens with zero attached hydrogens (tertiary/aromatic N) is 1. The molecule has 2 aromatic rings. The predicted octanol–water partition coefficient (Wildman–Crippen LogP) is 1.72. The van der Waals surface area contributed by atoms with Crippen LogP contribution in [0.25, 0.3) is 0 Å². The molecule has 0 atom stereocenters.